The summed E-state index contributed by atoms with van der Waals surface area (Å²) in [6.45, 7) is 1.39. The van der Waals surface area contributed by atoms with Gasteiger partial charge in [0.2, 0.25) is 0 Å². The Bertz CT molecular complexity index is 633. The molecule has 0 aliphatic heterocycles. The summed E-state index contributed by atoms with van der Waals surface area (Å²) in [6.07, 6.45) is -8.75. The molecule has 1 N–H and O–H groups in total. The van der Waals surface area contributed by atoms with Crippen molar-refractivity contribution < 1.29 is 27.1 Å². The summed E-state index contributed by atoms with van der Waals surface area (Å²) >= 11 is 0. The van der Waals surface area contributed by atoms with E-state index in [2.05, 4.69) is 0 Å². The van der Waals surface area contributed by atoms with Gasteiger partial charge in [0.05, 0.1) is 0 Å². The Labute approximate surface area is 111 Å². The zero-order valence-corrected chi connectivity index (χ0v) is 10.4. The predicted octanol–water partition coefficient (Wildman–Crippen LogP) is 4.38. The van der Waals surface area contributed by atoms with Gasteiger partial charge in [0.25, 0.3) is 0 Å². The van der Waals surface area contributed by atoms with Gasteiger partial charge >= 0.3 is 12.1 Å². The summed E-state index contributed by atoms with van der Waals surface area (Å²) in [4.78, 5) is 0. The number of hydrogen-bond donors (Lipinski definition) is 1. The van der Waals surface area contributed by atoms with E-state index < -0.39 is 23.8 Å². The van der Waals surface area contributed by atoms with Gasteiger partial charge in [0, 0.05) is 0 Å². The van der Waals surface area contributed by atoms with Gasteiger partial charge < -0.3 is 5.11 Å². The molecule has 0 saturated heterocycles. The summed E-state index contributed by atoms with van der Waals surface area (Å²) in [5.74, 6) is -5.21. The van der Waals surface area contributed by atoms with Crippen LogP contribution in [0.5, 0.6) is 0 Å². The summed E-state index contributed by atoms with van der Waals surface area (Å²) < 4.78 is 63.9. The van der Waals surface area contributed by atoms with E-state index in [4.69, 9.17) is 0 Å². The molecule has 0 saturated carbocycles. The SMILES string of the molecule is Cc1ccc2ccccc2c1C(O)C(F)(F)C(F)(F)F. The minimum atomic E-state index is -5.81. The fraction of sp³-hybridized carbons (Fsp3) is 0.286. The van der Waals surface area contributed by atoms with Gasteiger partial charge in [-0.3, -0.25) is 0 Å². The number of aliphatic hydroxyl groups excluding tert-OH is 1. The molecule has 0 fully saturated rings. The second-order valence-corrected chi connectivity index (χ2v) is 4.54. The molecule has 1 unspecified atom stereocenters. The molecule has 2 aromatic rings. The number of benzene rings is 2. The van der Waals surface area contributed by atoms with E-state index in [0.717, 1.165) is 0 Å². The van der Waals surface area contributed by atoms with Crippen molar-refractivity contribution in [2.75, 3.05) is 0 Å². The van der Waals surface area contributed by atoms with E-state index in [1.807, 2.05) is 0 Å². The van der Waals surface area contributed by atoms with Crippen LogP contribution in [0, 0.1) is 6.92 Å². The third kappa shape index (κ3) is 2.24. The van der Waals surface area contributed by atoms with Crippen LogP contribution in [0.15, 0.2) is 36.4 Å². The topological polar surface area (TPSA) is 20.2 Å². The van der Waals surface area contributed by atoms with Gasteiger partial charge in [-0.25, -0.2) is 0 Å². The average molecular weight is 290 g/mol. The Kier molecular flexibility index (Phi) is 3.46. The van der Waals surface area contributed by atoms with Gasteiger partial charge in [0.1, 0.15) is 0 Å². The molecule has 108 valence electrons. The predicted molar refractivity (Wildman–Crippen MR) is 64.6 cm³/mol. The van der Waals surface area contributed by atoms with E-state index >= 15 is 0 Å². The van der Waals surface area contributed by atoms with Crippen LogP contribution in [-0.2, 0) is 0 Å². The minimum Gasteiger partial charge on any atom is -0.382 e. The first-order valence-corrected chi connectivity index (χ1v) is 5.77. The highest BCUT2D eigenvalue weighted by Gasteiger charge is 2.63. The van der Waals surface area contributed by atoms with E-state index in [-0.39, 0.29) is 10.9 Å². The Hall–Kier alpha value is -1.69. The third-order valence-corrected chi connectivity index (χ3v) is 3.18. The normalized spacial score (nSPS) is 14.6. The molecule has 0 spiro atoms. The van der Waals surface area contributed by atoms with Crippen molar-refractivity contribution in [3.05, 3.63) is 47.5 Å². The molecular formula is C14H11F5O. The molecule has 2 rings (SSSR count). The Balaban J connectivity index is 2.66. The standard InChI is InChI=1S/C14H11F5O/c1-8-6-7-9-4-2-3-5-10(9)11(8)12(20)13(15,16)14(17,18)19/h2-7,12,20H,1H3. The van der Waals surface area contributed by atoms with Crippen LogP contribution in [0.3, 0.4) is 0 Å². The maximum absolute atomic E-state index is 13.3. The maximum atomic E-state index is 13.3. The first kappa shape index (κ1) is 14.7. The lowest BCUT2D eigenvalue weighted by atomic mass is 9.92. The highest BCUT2D eigenvalue weighted by atomic mass is 19.4. The fourth-order valence-electron chi connectivity index (χ4n) is 2.10. The Morgan fingerprint density at radius 3 is 2.15 bits per heavy atom. The highest BCUT2D eigenvalue weighted by molar-refractivity contribution is 5.87. The molecule has 0 bridgehead atoms. The van der Waals surface area contributed by atoms with E-state index in [1.54, 1.807) is 18.2 Å². The molecule has 20 heavy (non-hydrogen) atoms. The van der Waals surface area contributed by atoms with Gasteiger partial charge in [-0.05, 0) is 28.8 Å². The van der Waals surface area contributed by atoms with Gasteiger partial charge in [-0.2, -0.15) is 22.0 Å². The van der Waals surface area contributed by atoms with Gasteiger partial charge in [0.15, 0.2) is 6.10 Å². The molecule has 0 aliphatic rings. The molecule has 0 aromatic heterocycles. The lowest BCUT2D eigenvalue weighted by Crippen LogP contribution is -2.42. The van der Waals surface area contributed by atoms with Crippen molar-refractivity contribution in [3.63, 3.8) is 0 Å². The summed E-state index contributed by atoms with van der Waals surface area (Å²) in [5, 5.41) is 10.3. The van der Waals surface area contributed by atoms with Crippen LogP contribution in [0.2, 0.25) is 0 Å². The molecular weight excluding hydrogens is 279 g/mol. The smallest absolute Gasteiger partial charge is 0.382 e. The van der Waals surface area contributed by atoms with Crippen molar-refractivity contribution in [2.45, 2.75) is 25.1 Å². The number of fused-ring (bicyclic) bond motifs is 1. The molecule has 0 aliphatic carbocycles. The molecule has 1 nitrogen and oxygen atoms in total. The van der Waals surface area contributed by atoms with Gasteiger partial charge in [-0.1, -0.05) is 36.4 Å². The number of hydrogen-bond acceptors (Lipinski definition) is 1. The fourth-order valence-corrected chi connectivity index (χ4v) is 2.10. The largest absolute Gasteiger partial charge is 0.456 e. The second-order valence-electron chi connectivity index (χ2n) is 4.54. The van der Waals surface area contributed by atoms with Crippen molar-refractivity contribution in [2.24, 2.45) is 0 Å². The molecule has 0 radical (unpaired) electrons. The molecule has 6 heteroatoms. The van der Waals surface area contributed by atoms with Crippen LogP contribution in [0.25, 0.3) is 10.8 Å². The van der Waals surface area contributed by atoms with E-state index in [9.17, 15) is 27.1 Å². The summed E-state index contributed by atoms with van der Waals surface area (Å²) in [5.41, 5.74) is -0.217. The van der Waals surface area contributed by atoms with E-state index in [0.29, 0.717) is 5.39 Å². The Morgan fingerprint density at radius 2 is 1.55 bits per heavy atom. The van der Waals surface area contributed by atoms with Crippen LogP contribution < -0.4 is 0 Å². The second kappa shape index (κ2) is 4.70. The van der Waals surface area contributed by atoms with Crippen molar-refractivity contribution >= 4 is 10.8 Å². The van der Waals surface area contributed by atoms with Crippen LogP contribution >= 0.6 is 0 Å². The zero-order valence-electron chi connectivity index (χ0n) is 10.4. The highest BCUT2D eigenvalue weighted by Crippen LogP contribution is 2.46. The molecule has 2 aromatic carbocycles. The lowest BCUT2D eigenvalue weighted by Gasteiger charge is -2.27. The van der Waals surface area contributed by atoms with Crippen LogP contribution in [-0.4, -0.2) is 17.2 Å². The van der Waals surface area contributed by atoms with E-state index in [1.165, 1.54) is 25.1 Å². The van der Waals surface area contributed by atoms with Crippen LogP contribution in [0.1, 0.15) is 17.2 Å². The molecule has 1 atom stereocenters. The maximum Gasteiger partial charge on any atom is 0.456 e. The van der Waals surface area contributed by atoms with Crippen molar-refractivity contribution in [3.8, 4) is 0 Å². The van der Waals surface area contributed by atoms with Crippen molar-refractivity contribution in [1.82, 2.24) is 0 Å². The van der Waals surface area contributed by atoms with Crippen molar-refractivity contribution in [1.29, 1.82) is 0 Å². The molecule has 0 amide bonds. The van der Waals surface area contributed by atoms with Crippen LogP contribution in [0.4, 0.5) is 22.0 Å². The first-order valence-electron chi connectivity index (χ1n) is 5.77. The quantitative estimate of drug-likeness (QED) is 0.814. The zero-order chi connectivity index (χ0) is 15.1. The monoisotopic (exact) mass is 290 g/mol. The lowest BCUT2D eigenvalue weighted by molar-refractivity contribution is -0.314. The number of aryl methyl sites for hydroxylation is 1. The van der Waals surface area contributed by atoms with Gasteiger partial charge in [-0.15, -0.1) is 0 Å². The number of alkyl halides is 5. The Morgan fingerprint density at radius 1 is 0.950 bits per heavy atom. The number of halogens is 5. The number of aliphatic hydroxyl groups is 1. The molecule has 0 heterocycles. The summed E-state index contributed by atoms with van der Waals surface area (Å²) in [6, 6.07) is 9.16. The average Bonchev–Trinajstić information content (AvgIpc) is 2.36. The summed E-state index contributed by atoms with van der Waals surface area (Å²) in [7, 11) is 0. The first-order chi connectivity index (χ1) is 9.16. The number of rotatable bonds is 2. The third-order valence-electron chi connectivity index (χ3n) is 3.18. The minimum absolute atomic E-state index is 0.181.